The summed E-state index contributed by atoms with van der Waals surface area (Å²) in [5.41, 5.74) is 2.28. The van der Waals surface area contributed by atoms with E-state index in [2.05, 4.69) is 22.3 Å². The molecule has 20 heavy (non-hydrogen) atoms. The van der Waals surface area contributed by atoms with Crippen LogP contribution in [-0.4, -0.2) is 43.5 Å². The summed E-state index contributed by atoms with van der Waals surface area (Å²) in [5, 5.41) is 3.92. The maximum atomic E-state index is 11.7. The molecular weight excluding hydrogens is 274 g/mol. The molecule has 0 radical (unpaired) electrons. The van der Waals surface area contributed by atoms with E-state index in [1.807, 2.05) is 18.0 Å². The van der Waals surface area contributed by atoms with Crippen molar-refractivity contribution in [3.63, 3.8) is 0 Å². The van der Waals surface area contributed by atoms with Gasteiger partial charge in [0.15, 0.2) is 0 Å². The molecule has 0 spiro atoms. The van der Waals surface area contributed by atoms with Gasteiger partial charge in [0.2, 0.25) is 5.91 Å². The quantitative estimate of drug-likeness (QED) is 0.924. The van der Waals surface area contributed by atoms with Crippen LogP contribution in [0.4, 0.5) is 5.69 Å². The first-order chi connectivity index (χ1) is 9.69. The fourth-order valence-electron chi connectivity index (χ4n) is 3.17. The number of amides is 1. The molecule has 3 rings (SSSR count). The van der Waals surface area contributed by atoms with Gasteiger partial charge in [0, 0.05) is 49.4 Å². The lowest BCUT2D eigenvalue weighted by molar-refractivity contribution is -0.129. The van der Waals surface area contributed by atoms with E-state index < -0.39 is 0 Å². The normalized spacial score (nSPS) is 22.3. The van der Waals surface area contributed by atoms with E-state index in [0.717, 1.165) is 48.9 Å². The van der Waals surface area contributed by atoms with Crippen molar-refractivity contribution in [2.75, 3.05) is 31.6 Å². The Morgan fingerprint density at radius 2 is 2.25 bits per heavy atom. The van der Waals surface area contributed by atoms with Crippen LogP contribution < -0.4 is 10.2 Å². The summed E-state index contributed by atoms with van der Waals surface area (Å²) in [6.45, 7) is 3.43. The predicted octanol–water partition coefficient (Wildman–Crippen LogP) is 1.87. The van der Waals surface area contributed by atoms with Gasteiger partial charge in [-0.2, -0.15) is 0 Å². The number of nitrogens with zero attached hydrogens (tertiary/aromatic N) is 2. The molecule has 5 heteroatoms. The molecule has 108 valence electrons. The number of anilines is 1. The molecule has 2 aliphatic rings. The second-order valence-corrected chi connectivity index (χ2v) is 5.94. The smallest absolute Gasteiger partial charge is 0.223 e. The first-order valence-corrected chi connectivity index (χ1v) is 7.54. The van der Waals surface area contributed by atoms with Crippen molar-refractivity contribution in [2.24, 2.45) is 0 Å². The molecule has 2 aliphatic heterocycles. The molecule has 4 nitrogen and oxygen atoms in total. The third-order valence-corrected chi connectivity index (χ3v) is 4.62. The summed E-state index contributed by atoms with van der Waals surface area (Å²) in [5.74, 6) is 0.317. The lowest BCUT2D eigenvalue weighted by Crippen LogP contribution is -2.51. The van der Waals surface area contributed by atoms with Gasteiger partial charge in [-0.1, -0.05) is 17.7 Å². The van der Waals surface area contributed by atoms with Gasteiger partial charge in [-0.05, 0) is 31.2 Å². The van der Waals surface area contributed by atoms with E-state index in [-0.39, 0.29) is 0 Å². The summed E-state index contributed by atoms with van der Waals surface area (Å²) < 4.78 is 0. The molecule has 1 N–H and O–H groups in total. The van der Waals surface area contributed by atoms with Crippen molar-refractivity contribution in [1.82, 2.24) is 10.2 Å². The maximum Gasteiger partial charge on any atom is 0.223 e. The first kappa shape index (κ1) is 13.7. The minimum Gasteiger partial charge on any atom is -0.368 e. The van der Waals surface area contributed by atoms with Crippen molar-refractivity contribution in [3.05, 3.63) is 28.8 Å². The summed E-state index contributed by atoms with van der Waals surface area (Å²) in [6.07, 6.45) is 1.70. The minimum atomic E-state index is 0.317. The first-order valence-electron chi connectivity index (χ1n) is 7.16. The van der Waals surface area contributed by atoms with E-state index in [9.17, 15) is 4.79 Å². The van der Waals surface area contributed by atoms with Crippen molar-refractivity contribution in [2.45, 2.75) is 25.4 Å². The molecular formula is C15H20ClN3O. The van der Waals surface area contributed by atoms with Gasteiger partial charge < -0.3 is 15.1 Å². The fourth-order valence-corrected chi connectivity index (χ4v) is 3.41. The Balaban J connectivity index is 1.74. The van der Waals surface area contributed by atoms with Crippen LogP contribution in [0.3, 0.4) is 0 Å². The Kier molecular flexibility index (Phi) is 3.85. The Bertz CT molecular complexity index is 520. The highest BCUT2D eigenvalue weighted by molar-refractivity contribution is 6.31. The molecule has 0 bridgehead atoms. The minimum absolute atomic E-state index is 0.317. The number of rotatable bonds is 3. The zero-order valence-corrected chi connectivity index (χ0v) is 12.5. The lowest BCUT2D eigenvalue weighted by atomic mass is 10.1. The molecule has 0 saturated carbocycles. The Morgan fingerprint density at radius 3 is 3.00 bits per heavy atom. The highest BCUT2D eigenvalue weighted by Gasteiger charge is 2.35. The van der Waals surface area contributed by atoms with Crippen molar-refractivity contribution < 1.29 is 4.79 Å². The third-order valence-electron chi connectivity index (χ3n) is 4.26. The SMILES string of the molecule is CNCc1ccc(N2CCN3C(=O)CCC3C2)cc1Cl. The fraction of sp³-hybridized carbons (Fsp3) is 0.533. The molecule has 0 aromatic heterocycles. The van der Waals surface area contributed by atoms with Crippen molar-refractivity contribution >= 4 is 23.2 Å². The van der Waals surface area contributed by atoms with Crippen LogP contribution in [0.15, 0.2) is 18.2 Å². The number of benzene rings is 1. The number of nitrogens with one attached hydrogen (secondary N) is 1. The molecule has 1 aromatic carbocycles. The number of hydrogen-bond donors (Lipinski definition) is 1. The zero-order valence-electron chi connectivity index (χ0n) is 11.7. The molecule has 1 aromatic rings. The lowest BCUT2D eigenvalue weighted by Gasteiger charge is -2.39. The van der Waals surface area contributed by atoms with E-state index in [4.69, 9.17) is 11.6 Å². The number of carbonyl (C=O) groups excluding carboxylic acids is 1. The van der Waals surface area contributed by atoms with E-state index in [1.165, 1.54) is 0 Å². The summed E-state index contributed by atoms with van der Waals surface area (Å²) in [7, 11) is 1.92. The highest BCUT2D eigenvalue weighted by atomic mass is 35.5. The molecule has 1 amide bonds. The van der Waals surface area contributed by atoms with Crippen molar-refractivity contribution in [1.29, 1.82) is 0 Å². The van der Waals surface area contributed by atoms with Crippen LogP contribution in [-0.2, 0) is 11.3 Å². The monoisotopic (exact) mass is 293 g/mol. The number of hydrogen-bond acceptors (Lipinski definition) is 3. The zero-order chi connectivity index (χ0) is 14.1. The van der Waals surface area contributed by atoms with Gasteiger partial charge in [0.05, 0.1) is 0 Å². The van der Waals surface area contributed by atoms with Crippen LogP contribution >= 0.6 is 11.6 Å². The van der Waals surface area contributed by atoms with Gasteiger partial charge >= 0.3 is 0 Å². The van der Waals surface area contributed by atoms with Crippen LogP contribution in [0.2, 0.25) is 5.02 Å². The van der Waals surface area contributed by atoms with Crippen LogP contribution in [0.25, 0.3) is 0 Å². The molecule has 2 heterocycles. The second kappa shape index (κ2) is 5.62. The standard InChI is InChI=1S/C15H20ClN3O/c1-17-9-11-2-3-12(8-14(11)16)18-6-7-19-13(10-18)4-5-15(19)20/h2-3,8,13,17H,4-7,9-10H2,1H3. The predicted molar refractivity (Wildman–Crippen MR) is 81.2 cm³/mol. The summed E-state index contributed by atoms with van der Waals surface area (Å²) >= 11 is 6.33. The number of fused-ring (bicyclic) bond motifs is 1. The Labute approximate surface area is 124 Å². The largest absolute Gasteiger partial charge is 0.368 e. The topological polar surface area (TPSA) is 35.6 Å². The third kappa shape index (κ3) is 2.50. The number of carbonyl (C=O) groups is 1. The van der Waals surface area contributed by atoms with Gasteiger partial charge in [-0.15, -0.1) is 0 Å². The Hall–Kier alpha value is -1.26. The van der Waals surface area contributed by atoms with E-state index >= 15 is 0 Å². The number of piperazine rings is 1. The average molecular weight is 294 g/mol. The summed E-state index contributed by atoms with van der Waals surface area (Å²) in [6, 6.07) is 6.64. The average Bonchev–Trinajstić information content (AvgIpc) is 2.82. The van der Waals surface area contributed by atoms with Crippen LogP contribution in [0.1, 0.15) is 18.4 Å². The molecule has 2 saturated heterocycles. The van der Waals surface area contributed by atoms with Gasteiger partial charge in [-0.25, -0.2) is 0 Å². The van der Waals surface area contributed by atoms with Crippen LogP contribution in [0.5, 0.6) is 0 Å². The summed E-state index contributed by atoms with van der Waals surface area (Å²) in [4.78, 5) is 16.1. The van der Waals surface area contributed by atoms with Gasteiger partial charge in [-0.3, -0.25) is 4.79 Å². The molecule has 1 unspecified atom stereocenters. The number of halogens is 1. The van der Waals surface area contributed by atoms with E-state index in [1.54, 1.807) is 0 Å². The highest BCUT2D eigenvalue weighted by Crippen LogP contribution is 2.29. The molecule has 1 atom stereocenters. The molecule has 0 aliphatic carbocycles. The second-order valence-electron chi connectivity index (χ2n) is 5.53. The van der Waals surface area contributed by atoms with Gasteiger partial charge in [0.25, 0.3) is 0 Å². The van der Waals surface area contributed by atoms with E-state index in [0.29, 0.717) is 18.4 Å². The van der Waals surface area contributed by atoms with Crippen molar-refractivity contribution in [3.8, 4) is 0 Å². The maximum absolute atomic E-state index is 11.7. The molecule has 2 fully saturated rings. The Morgan fingerprint density at radius 1 is 1.40 bits per heavy atom. The van der Waals surface area contributed by atoms with Gasteiger partial charge in [0.1, 0.15) is 0 Å². The van der Waals surface area contributed by atoms with Crippen LogP contribution in [0, 0.1) is 0 Å².